The highest BCUT2D eigenvalue weighted by Crippen LogP contribution is 2.30. The summed E-state index contributed by atoms with van der Waals surface area (Å²) >= 11 is 0. The average Bonchev–Trinajstić information content (AvgIpc) is 2.19. The second-order valence-corrected chi connectivity index (χ2v) is 3.00. The van der Waals surface area contributed by atoms with Crippen molar-refractivity contribution in [1.82, 2.24) is 4.98 Å². The predicted octanol–water partition coefficient (Wildman–Crippen LogP) is 3.12. The molecule has 0 bridgehead atoms. The minimum atomic E-state index is -5.17. The summed E-state index contributed by atoms with van der Waals surface area (Å²) in [6.45, 7) is 0. The molecule has 1 heterocycles. The Balaban J connectivity index is 3.24. The van der Waals surface area contributed by atoms with Gasteiger partial charge in [-0.1, -0.05) is 0 Å². The maximum atomic E-state index is 13.2. The van der Waals surface area contributed by atoms with Gasteiger partial charge in [-0.05, 0) is 0 Å². The fraction of sp³-hybridized carbons (Fsp3) is 0.333. The van der Waals surface area contributed by atoms with E-state index in [0.29, 0.717) is 0 Å². The van der Waals surface area contributed by atoms with Crippen molar-refractivity contribution in [1.29, 1.82) is 5.26 Å². The van der Waals surface area contributed by atoms with Crippen LogP contribution in [0.5, 0.6) is 5.88 Å². The third-order valence-electron chi connectivity index (χ3n) is 1.80. The van der Waals surface area contributed by atoms with Crippen LogP contribution in [0, 0.1) is 17.3 Å². The molecule has 0 aromatic carbocycles. The van der Waals surface area contributed by atoms with E-state index in [9.17, 15) is 26.3 Å². The fourth-order valence-electron chi connectivity index (χ4n) is 1.16. The number of ether oxygens (including phenoxy) is 1. The van der Waals surface area contributed by atoms with Crippen LogP contribution in [0.15, 0.2) is 6.07 Å². The van der Waals surface area contributed by atoms with Crippen LogP contribution >= 0.6 is 0 Å². The van der Waals surface area contributed by atoms with Crippen LogP contribution in [0.2, 0.25) is 0 Å². The van der Waals surface area contributed by atoms with E-state index < -0.39 is 42.2 Å². The van der Waals surface area contributed by atoms with E-state index in [1.54, 1.807) is 0 Å². The molecule has 0 aliphatic heterocycles. The van der Waals surface area contributed by atoms with E-state index in [1.807, 2.05) is 0 Å². The maximum absolute atomic E-state index is 13.2. The lowest BCUT2D eigenvalue weighted by Gasteiger charge is -2.11. The van der Waals surface area contributed by atoms with Crippen LogP contribution in [-0.2, 0) is 6.42 Å². The van der Waals surface area contributed by atoms with Crippen LogP contribution in [0.4, 0.5) is 26.3 Å². The second-order valence-electron chi connectivity index (χ2n) is 3.00. The summed E-state index contributed by atoms with van der Waals surface area (Å²) in [5.41, 5.74) is -1.80. The van der Waals surface area contributed by atoms with Crippen LogP contribution in [-0.4, -0.2) is 11.3 Å². The molecule has 0 aliphatic rings. The summed E-state index contributed by atoms with van der Waals surface area (Å²) in [6.07, 6.45) is -9.15. The van der Waals surface area contributed by atoms with Gasteiger partial charge in [-0.15, -0.1) is 13.2 Å². The lowest BCUT2D eigenvalue weighted by Crippen LogP contribution is -2.19. The number of aromatic nitrogens is 1. The van der Waals surface area contributed by atoms with Crippen molar-refractivity contribution in [2.75, 3.05) is 0 Å². The number of pyridine rings is 1. The first-order valence-electron chi connectivity index (χ1n) is 4.34. The first kappa shape index (κ1) is 14.1. The molecular formula is C9H4F6N2O. The minimum absolute atomic E-state index is 0.258. The smallest absolute Gasteiger partial charge is 0.388 e. The van der Waals surface area contributed by atoms with E-state index in [2.05, 4.69) is 9.72 Å². The molecule has 0 saturated heterocycles. The Morgan fingerprint density at radius 3 is 2.44 bits per heavy atom. The van der Waals surface area contributed by atoms with E-state index in [1.165, 1.54) is 6.07 Å². The normalized spacial score (nSPS) is 11.4. The monoisotopic (exact) mass is 270 g/mol. The Morgan fingerprint density at radius 2 is 2.00 bits per heavy atom. The van der Waals surface area contributed by atoms with Gasteiger partial charge in [0.05, 0.1) is 12.5 Å². The molecule has 1 rings (SSSR count). The van der Waals surface area contributed by atoms with E-state index in [4.69, 9.17) is 5.26 Å². The number of alkyl halides is 5. The molecule has 0 amide bonds. The summed E-state index contributed by atoms with van der Waals surface area (Å²) in [4.78, 5) is 2.73. The first-order valence-corrected chi connectivity index (χ1v) is 4.34. The largest absolute Gasteiger partial charge is 0.574 e. The summed E-state index contributed by atoms with van der Waals surface area (Å²) in [5, 5.41) is 8.31. The third-order valence-corrected chi connectivity index (χ3v) is 1.80. The first-order chi connectivity index (χ1) is 8.24. The number of hydrogen-bond donors (Lipinski definition) is 0. The molecule has 0 fully saturated rings. The average molecular weight is 270 g/mol. The van der Waals surface area contributed by atoms with Gasteiger partial charge in [0, 0.05) is 17.2 Å². The Kier molecular flexibility index (Phi) is 4.00. The van der Waals surface area contributed by atoms with Crippen LogP contribution < -0.4 is 4.74 Å². The zero-order valence-electron chi connectivity index (χ0n) is 8.43. The molecule has 18 heavy (non-hydrogen) atoms. The fourth-order valence-corrected chi connectivity index (χ4v) is 1.16. The van der Waals surface area contributed by atoms with Gasteiger partial charge in [0.25, 0.3) is 6.43 Å². The minimum Gasteiger partial charge on any atom is -0.388 e. The molecule has 0 N–H and O–H groups in total. The van der Waals surface area contributed by atoms with Gasteiger partial charge < -0.3 is 4.74 Å². The van der Waals surface area contributed by atoms with Gasteiger partial charge in [0.1, 0.15) is 0 Å². The maximum Gasteiger partial charge on any atom is 0.574 e. The Hall–Kier alpha value is -1.98. The van der Waals surface area contributed by atoms with E-state index >= 15 is 0 Å². The van der Waals surface area contributed by atoms with Crippen molar-refractivity contribution >= 4 is 0 Å². The van der Waals surface area contributed by atoms with Crippen molar-refractivity contribution in [3.8, 4) is 11.9 Å². The second kappa shape index (κ2) is 5.12. The number of hydrogen-bond acceptors (Lipinski definition) is 3. The quantitative estimate of drug-likeness (QED) is 0.626. The van der Waals surface area contributed by atoms with Gasteiger partial charge in [-0.3, -0.25) is 0 Å². The zero-order chi connectivity index (χ0) is 13.9. The molecule has 0 radical (unpaired) electrons. The highest BCUT2D eigenvalue weighted by Gasteiger charge is 2.33. The molecular weight excluding hydrogens is 266 g/mol. The van der Waals surface area contributed by atoms with Crippen molar-refractivity contribution < 1.29 is 31.1 Å². The number of rotatable bonds is 3. The molecule has 3 nitrogen and oxygen atoms in total. The highest BCUT2D eigenvalue weighted by atomic mass is 19.4. The SMILES string of the molecule is N#CCc1c(C(F)F)cc(OC(F)(F)F)nc1F. The summed E-state index contributed by atoms with van der Waals surface area (Å²) in [6, 6.07) is 1.67. The molecule has 0 spiro atoms. The Bertz CT molecular complexity index is 479. The summed E-state index contributed by atoms with van der Waals surface area (Å²) in [7, 11) is 0. The van der Waals surface area contributed by atoms with Crippen molar-refractivity contribution in [3.05, 3.63) is 23.1 Å². The van der Waals surface area contributed by atoms with E-state index in [0.717, 1.165) is 0 Å². The van der Waals surface area contributed by atoms with Gasteiger partial charge in [0.15, 0.2) is 0 Å². The van der Waals surface area contributed by atoms with Crippen molar-refractivity contribution in [2.24, 2.45) is 0 Å². The zero-order valence-corrected chi connectivity index (χ0v) is 8.43. The van der Waals surface area contributed by atoms with Gasteiger partial charge >= 0.3 is 6.36 Å². The summed E-state index contributed by atoms with van der Waals surface area (Å²) < 4.78 is 76.9. The Morgan fingerprint density at radius 1 is 1.39 bits per heavy atom. The molecule has 98 valence electrons. The molecule has 9 heteroatoms. The van der Waals surface area contributed by atoms with Gasteiger partial charge in [-0.25, -0.2) is 8.78 Å². The molecule has 0 unspecified atom stereocenters. The topological polar surface area (TPSA) is 45.9 Å². The third kappa shape index (κ3) is 3.51. The van der Waals surface area contributed by atoms with E-state index in [-0.39, 0.29) is 6.07 Å². The molecule has 0 saturated carbocycles. The Labute approximate surface area is 96.6 Å². The molecule has 0 atom stereocenters. The number of nitrogens with zero attached hydrogens (tertiary/aromatic N) is 2. The van der Waals surface area contributed by atoms with Gasteiger partial charge in [0.2, 0.25) is 11.8 Å². The van der Waals surface area contributed by atoms with Crippen LogP contribution in [0.3, 0.4) is 0 Å². The lowest BCUT2D eigenvalue weighted by atomic mass is 10.1. The van der Waals surface area contributed by atoms with Crippen LogP contribution in [0.25, 0.3) is 0 Å². The lowest BCUT2D eigenvalue weighted by molar-refractivity contribution is -0.276. The molecule has 1 aromatic rings. The standard InChI is InChI=1S/C9H4F6N2O/c10-7(11)5-3-6(18-9(13,14)15)17-8(12)4(5)1-2-16/h3,7H,1H2. The number of halogens is 6. The van der Waals surface area contributed by atoms with Crippen molar-refractivity contribution in [3.63, 3.8) is 0 Å². The highest BCUT2D eigenvalue weighted by molar-refractivity contribution is 5.33. The predicted molar refractivity (Wildman–Crippen MR) is 45.2 cm³/mol. The van der Waals surface area contributed by atoms with Gasteiger partial charge in [-0.2, -0.15) is 14.6 Å². The summed E-state index contributed by atoms with van der Waals surface area (Å²) in [5.74, 6) is -2.93. The number of nitriles is 1. The van der Waals surface area contributed by atoms with Crippen molar-refractivity contribution in [2.45, 2.75) is 19.2 Å². The van der Waals surface area contributed by atoms with Crippen LogP contribution in [0.1, 0.15) is 17.6 Å². The molecule has 0 aliphatic carbocycles. The molecule has 1 aromatic heterocycles.